The monoisotopic (exact) mass is 455 g/mol. The number of amides is 2. The zero-order valence-corrected chi connectivity index (χ0v) is 18.8. The van der Waals surface area contributed by atoms with Crippen molar-refractivity contribution in [2.75, 3.05) is 18.4 Å². The zero-order chi connectivity index (χ0) is 22.7. The molecule has 2 aliphatic rings. The first kappa shape index (κ1) is 22.5. The summed E-state index contributed by atoms with van der Waals surface area (Å²) in [5.74, 6) is -0.430. The number of hydrogen-bond donors (Lipinski definition) is 1. The molecule has 168 valence electrons. The Kier molecular flexibility index (Phi) is 6.92. The van der Waals surface area contributed by atoms with Crippen LogP contribution in [0, 0.1) is 5.82 Å². The lowest BCUT2D eigenvalue weighted by Crippen LogP contribution is -2.61. The summed E-state index contributed by atoms with van der Waals surface area (Å²) >= 11 is 6.05. The minimum Gasteiger partial charge on any atom is -0.331 e. The van der Waals surface area contributed by atoms with Gasteiger partial charge in [-0.15, -0.1) is 0 Å². The van der Waals surface area contributed by atoms with Gasteiger partial charge in [-0.05, 0) is 60.7 Å². The summed E-state index contributed by atoms with van der Waals surface area (Å²) < 4.78 is 13.2. The second-order valence-corrected chi connectivity index (χ2v) is 8.99. The van der Waals surface area contributed by atoms with Gasteiger partial charge in [0.1, 0.15) is 5.82 Å². The number of benzene rings is 2. The number of nitrogens with one attached hydrogen (secondary N) is 1. The number of piperazine rings is 1. The number of likely N-dealkylation sites (tertiary alicyclic amines) is 1. The summed E-state index contributed by atoms with van der Waals surface area (Å²) in [5, 5.41) is 3.28. The molecular formula is C25H27ClFN3O2. The van der Waals surface area contributed by atoms with E-state index in [4.69, 9.17) is 11.6 Å². The Morgan fingerprint density at radius 2 is 1.81 bits per heavy atom. The lowest BCUT2D eigenvalue weighted by atomic mass is 9.90. The van der Waals surface area contributed by atoms with E-state index in [2.05, 4.69) is 10.2 Å². The molecule has 0 spiro atoms. The van der Waals surface area contributed by atoms with E-state index in [9.17, 15) is 14.0 Å². The van der Waals surface area contributed by atoms with Gasteiger partial charge in [-0.1, -0.05) is 29.8 Å². The van der Waals surface area contributed by atoms with E-state index in [-0.39, 0.29) is 29.7 Å². The Morgan fingerprint density at radius 1 is 1.12 bits per heavy atom. The van der Waals surface area contributed by atoms with Crippen LogP contribution in [0.15, 0.2) is 48.5 Å². The fraction of sp³-hybridized carbons (Fsp3) is 0.360. The average molecular weight is 456 g/mol. The first-order valence-electron chi connectivity index (χ1n) is 10.9. The zero-order valence-electron chi connectivity index (χ0n) is 18.1. The Morgan fingerprint density at radius 3 is 2.47 bits per heavy atom. The summed E-state index contributed by atoms with van der Waals surface area (Å²) in [6.45, 7) is 3.82. The maximum atomic E-state index is 13.2. The molecule has 4 rings (SSSR count). The van der Waals surface area contributed by atoms with Crippen molar-refractivity contribution in [3.63, 3.8) is 0 Å². The molecule has 2 heterocycles. The van der Waals surface area contributed by atoms with Gasteiger partial charge in [0.05, 0.1) is 0 Å². The number of nitrogens with zero attached hydrogens (tertiary/aromatic N) is 2. The summed E-state index contributed by atoms with van der Waals surface area (Å²) in [7, 11) is 0. The number of carbonyl (C=O) groups excluding carboxylic acids is 2. The van der Waals surface area contributed by atoms with Gasteiger partial charge < -0.3 is 10.2 Å². The number of rotatable bonds is 5. The van der Waals surface area contributed by atoms with Gasteiger partial charge in [0.25, 0.3) is 0 Å². The van der Waals surface area contributed by atoms with Crippen molar-refractivity contribution in [1.29, 1.82) is 0 Å². The predicted octanol–water partition coefficient (Wildman–Crippen LogP) is 4.72. The van der Waals surface area contributed by atoms with Crippen LogP contribution in [0.2, 0.25) is 5.02 Å². The van der Waals surface area contributed by atoms with E-state index in [0.29, 0.717) is 10.7 Å². The van der Waals surface area contributed by atoms with Crippen LogP contribution >= 0.6 is 11.6 Å². The number of carbonyl (C=O) groups is 2. The lowest BCUT2D eigenvalue weighted by Gasteiger charge is -2.50. The number of halogens is 2. The standard InChI is InChI=1S/C25H27ClFN3O2/c1-17(31)28-24-13-20(26)9-7-19(24)8-12-25(32)30-22-3-2-4-23(30)16-29(15-22)14-18-5-10-21(27)11-6-18/h5-13,22-23H,2-4,14-16H2,1H3,(H,28,31). The molecule has 2 saturated heterocycles. The highest BCUT2D eigenvalue weighted by Gasteiger charge is 2.39. The highest BCUT2D eigenvalue weighted by Crippen LogP contribution is 2.30. The molecule has 32 heavy (non-hydrogen) atoms. The molecule has 0 radical (unpaired) electrons. The molecule has 2 aromatic carbocycles. The minimum atomic E-state index is -0.227. The molecule has 2 bridgehead atoms. The predicted molar refractivity (Wildman–Crippen MR) is 125 cm³/mol. The summed E-state index contributed by atoms with van der Waals surface area (Å²) in [6.07, 6.45) is 6.42. The highest BCUT2D eigenvalue weighted by molar-refractivity contribution is 6.31. The number of hydrogen-bond acceptors (Lipinski definition) is 3. The first-order chi connectivity index (χ1) is 15.4. The van der Waals surface area contributed by atoms with Gasteiger partial charge in [-0.25, -0.2) is 4.39 Å². The van der Waals surface area contributed by atoms with E-state index in [1.54, 1.807) is 30.4 Å². The maximum absolute atomic E-state index is 13.2. The van der Waals surface area contributed by atoms with E-state index in [1.807, 2.05) is 17.0 Å². The third-order valence-corrected chi connectivity index (χ3v) is 6.34. The molecular weight excluding hydrogens is 429 g/mol. The van der Waals surface area contributed by atoms with Gasteiger partial charge in [0, 0.05) is 55.4 Å². The molecule has 5 nitrogen and oxygen atoms in total. The van der Waals surface area contributed by atoms with Gasteiger partial charge in [-0.2, -0.15) is 0 Å². The second kappa shape index (κ2) is 9.84. The van der Waals surface area contributed by atoms with Gasteiger partial charge in [-0.3, -0.25) is 14.5 Å². The van der Waals surface area contributed by atoms with Crippen molar-refractivity contribution in [2.45, 2.75) is 44.8 Å². The molecule has 0 aromatic heterocycles. The van der Waals surface area contributed by atoms with Crippen molar-refractivity contribution >= 4 is 35.2 Å². The number of piperidine rings is 1. The molecule has 2 fully saturated rings. The van der Waals surface area contributed by atoms with Crippen LogP contribution < -0.4 is 5.32 Å². The lowest BCUT2D eigenvalue weighted by molar-refractivity contribution is -0.137. The van der Waals surface area contributed by atoms with Gasteiger partial charge in [0.2, 0.25) is 11.8 Å². The molecule has 0 saturated carbocycles. The Balaban J connectivity index is 1.45. The fourth-order valence-electron chi connectivity index (χ4n) is 4.75. The molecule has 1 N–H and O–H groups in total. The Hall–Kier alpha value is -2.70. The largest absolute Gasteiger partial charge is 0.331 e. The molecule has 2 amide bonds. The smallest absolute Gasteiger partial charge is 0.247 e. The summed E-state index contributed by atoms with van der Waals surface area (Å²) in [6, 6.07) is 12.2. The van der Waals surface area contributed by atoms with Crippen LogP contribution in [0.3, 0.4) is 0 Å². The van der Waals surface area contributed by atoms with Crippen molar-refractivity contribution in [3.05, 3.63) is 70.5 Å². The van der Waals surface area contributed by atoms with Crippen molar-refractivity contribution < 1.29 is 14.0 Å². The van der Waals surface area contributed by atoms with E-state index >= 15 is 0 Å². The number of anilines is 1. The summed E-state index contributed by atoms with van der Waals surface area (Å²) in [5.41, 5.74) is 2.40. The van der Waals surface area contributed by atoms with Crippen LogP contribution in [0.25, 0.3) is 6.08 Å². The van der Waals surface area contributed by atoms with Gasteiger partial charge >= 0.3 is 0 Å². The van der Waals surface area contributed by atoms with Crippen LogP contribution in [-0.2, 0) is 16.1 Å². The third-order valence-electron chi connectivity index (χ3n) is 6.10. The van der Waals surface area contributed by atoms with Gasteiger partial charge in [0.15, 0.2) is 0 Å². The van der Waals surface area contributed by atoms with E-state index in [1.165, 1.54) is 19.1 Å². The van der Waals surface area contributed by atoms with Crippen molar-refractivity contribution in [1.82, 2.24) is 9.80 Å². The van der Waals surface area contributed by atoms with Crippen LogP contribution in [0.4, 0.5) is 10.1 Å². The maximum Gasteiger partial charge on any atom is 0.247 e. The van der Waals surface area contributed by atoms with Crippen LogP contribution in [-0.4, -0.2) is 46.8 Å². The normalized spacial score (nSPS) is 21.0. The molecule has 7 heteroatoms. The number of fused-ring (bicyclic) bond motifs is 2. The Bertz CT molecular complexity index is 1010. The summed E-state index contributed by atoms with van der Waals surface area (Å²) in [4.78, 5) is 29.0. The molecule has 2 aliphatic heterocycles. The first-order valence-corrected chi connectivity index (χ1v) is 11.3. The minimum absolute atomic E-state index is 0.00939. The molecule has 2 unspecified atom stereocenters. The van der Waals surface area contributed by atoms with E-state index < -0.39 is 0 Å². The average Bonchev–Trinajstić information content (AvgIpc) is 2.73. The van der Waals surface area contributed by atoms with Crippen molar-refractivity contribution in [3.8, 4) is 0 Å². The van der Waals surface area contributed by atoms with Crippen LogP contribution in [0.1, 0.15) is 37.3 Å². The van der Waals surface area contributed by atoms with Crippen LogP contribution in [0.5, 0.6) is 0 Å². The second-order valence-electron chi connectivity index (χ2n) is 8.55. The molecule has 2 aromatic rings. The topological polar surface area (TPSA) is 52.7 Å². The molecule has 0 aliphatic carbocycles. The highest BCUT2D eigenvalue weighted by atomic mass is 35.5. The molecule has 2 atom stereocenters. The Labute approximate surface area is 192 Å². The van der Waals surface area contributed by atoms with Crippen molar-refractivity contribution in [2.24, 2.45) is 0 Å². The fourth-order valence-corrected chi connectivity index (χ4v) is 4.92. The SMILES string of the molecule is CC(=O)Nc1cc(Cl)ccc1C=CC(=O)N1C2CCCC1CN(Cc1ccc(F)cc1)C2. The quantitative estimate of drug-likeness (QED) is 0.664. The third kappa shape index (κ3) is 5.37. The van der Waals surface area contributed by atoms with E-state index in [0.717, 1.165) is 50.0 Å².